The molecule has 0 saturated carbocycles. The van der Waals surface area contributed by atoms with Gasteiger partial charge in [0.25, 0.3) is 0 Å². The van der Waals surface area contributed by atoms with Crippen LogP contribution in [0.3, 0.4) is 0 Å². The lowest BCUT2D eigenvalue weighted by molar-refractivity contribution is 0.407. The summed E-state index contributed by atoms with van der Waals surface area (Å²) < 4.78 is 32.8. The molecule has 2 N–H and O–H groups in total. The van der Waals surface area contributed by atoms with Crippen LogP contribution >= 0.6 is 35.4 Å². The Morgan fingerprint density at radius 1 is 1.15 bits per heavy atom. The highest BCUT2D eigenvalue weighted by Gasteiger charge is 2.16. The molecule has 0 heterocycles. The minimum Gasteiger partial charge on any atom is -0.450 e. The standard InChI is InChI=1S/C13H7Cl2F2NOS/c14-7-2-1-3-10(11(7)15)19-12-8(16)4-6(13(18)20)5-9(12)17/h1-5H,(H2,18,20). The zero-order valence-electron chi connectivity index (χ0n) is 9.79. The van der Waals surface area contributed by atoms with Crippen molar-refractivity contribution in [1.82, 2.24) is 0 Å². The van der Waals surface area contributed by atoms with Crippen molar-refractivity contribution in [3.63, 3.8) is 0 Å². The predicted molar refractivity (Wildman–Crippen MR) is 78.8 cm³/mol. The third-order valence-electron chi connectivity index (χ3n) is 2.41. The lowest BCUT2D eigenvalue weighted by Crippen LogP contribution is -2.10. The summed E-state index contributed by atoms with van der Waals surface area (Å²) in [5.74, 6) is -2.44. The molecule has 0 atom stereocenters. The first-order valence-electron chi connectivity index (χ1n) is 5.31. The number of nitrogens with two attached hydrogens (primary N) is 1. The Hall–Kier alpha value is -1.43. The van der Waals surface area contributed by atoms with E-state index in [0.717, 1.165) is 12.1 Å². The van der Waals surface area contributed by atoms with Gasteiger partial charge in [-0.25, -0.2) is 8.78 Å². The lowest BCUT2D eigenvalue weighted by Gasteiger charge is -2.11. The average molecular weight is 334 g/mol. The maximum Gasteiger partial charge on any atom is 0.198 e. The van der Waals surface area contributed by atoms with Gasteiger partial charge in [0.05, 0.1) is 5.02 Å². The molecular formula is C13H7Cl2F2NOS. The van der Waals surface area contributed by atoms with Crippen LogP contribution in [0.4, 0.5) is 8.78 Å². The molecule has 20 heavy (non-hydrogen) atoms. The monoisotopic (exact) mass is 333 g/mol. The van der Waals surface area contributed by atoms with Gasteiger partial charge in [0, 0.05) is 5.56 Å². The van der Waals surface area contributed by atoms with Gasteiger partial charge in [-0.05, 0) is 24.3 Å². The number of hydrogen-bond donors (Lipinski definition) is 1. The molecule has 0 aliphatic rings. The van der Waals surface area contributed by atoms with Crippen LogP contribution < -0.4 is 10.5 Å². The summed E-state index contributed by atoms with van der Waals surface area (Å²) in [7, 11) is 0. The van der Waals surface area contributed by atoms with Crippen LogP contribution in [0.25, 0.3) is 0 Å². The molecule has 0 saturated heterocycles. The van der Waals surface area contributed by atoms with Crippen molar-refractivity contribution in [2.75, 3.05) is 0 Å². The Kier molecular flexibility index (Phi) is 4.42. The van der Waals surface area contributed by atoms with Crippen LogP contribution in [0.2, 0.25) is 10.0 Å². The fourth-order valence-electron chi connectivity index (χ4n) is 1.47. The molecule has 0 unspecified atom stereocenters. The maximum absolute atomic E-state index is 13.8. The van der Waals surface area contributed by atoms with Gasteiger partial charge in [0.2, 0.25) is 0 Å². The van der Waals surface area contributed by atoms with Gasteiger partial charge in [0.1, 0.15) is 15.8 Å². The minimum atomic E-state index is -0.941. The van der Waals surface area contributed by atoms with Gasteiger partial charge >= 0.3 is 0 Å². The Labute approximate surface area is 129 Å². The molecule has 0 aliphatic carbocycles. The van der Waals surface area contributed by atoms with E-state index >= 15 is 0 Å². The molecule has 0 fully saturated rings. The Balaban J connectivity index is 2.44. The molecule has 0 aliphatic heterocycles. The molecule has 104 valence electrons. The fourth-order valence-corrected chi connectivity index (χ4v) is 1.92. The van der Waals surface area contributed by atoms with E-state index in [1.54, 1.807) is 6.07 Å². The molecule has 0 spiro atoms. The summed E-state index contributed by atoms with van der Waals surface area (Å²) in [5.41, 5.74) is 5.39. The molecule has 7 heteroatoms. The van der Waals surface area contributed by atoms with Gasteiger partial charge < -0.3 is 10.5 Å². The highest BCUT2D eigenvalue weighted by molar-refractivity contribution is 7.80. The third-order valence-corrected chi connectivity index (χ3v) is 3.45. The van der Waals surface area contributed by atoms with Crippen LogP contribution in [0.15, 0.2) is 30.3 Å². The molecule has 2 rings (SSSR count). The van der Waals surface area contributed by atoms with Gasteiger partial charge in [0.15, 0.2) is 17.4 Å². The second-order valence-electron chi connectivity index (χ2n) is 3.79. The van der Waals surface area contributed by atoms with Crippen molar-refractivity contribution >= 4 is 40.4 Å². The van der Waals surface area contributed by atoms with Gasteiger partial charge in [-0.15, -0.1) is 0 Å². The molecular weight excluding hydrogens is 327 g/mol. The van der Waals surface area contributed by atoms with Gasteiger partial charge in [-0.2, -0.15) is 0 Å². The molecule has 0 aromatic heterocycles. The van der Waals surface area contributed by atoms with E-state index in [1.807, 2.05) is 0 Å². The molecule has 2 nitrogen and oxygen atoms in total. The first-order valence-corrected chi connectivity index (χ1v) is 6.47. The zero-order chi connectivity index (χ0) is 14.9. The highest BCUT2D eigenvalue weighted by atomic mass is 35.5. The zero-order valence-corrected chi connectivity index (χ0v) is 12.1. The number of benzene rings is 2. The van der Waals surface area contributed by atoms with Crippen LogP contribution in [0, 0.1) is 11.6 Å². The van der Waals surface area contributed by atoms with E-state index in [9.17, 15) is 8.78 Å². The van der Waals surface area contributed by atoms with E-state index in [-0.39, 0.29) is 26.3 Å². The van der Waals surface area contributed by atoms with Crippen LogP contribution in [0.1, 0.15) is 5.56 Å². The van der Waals surface area contributed by atoms with Crippen LogP contribution in [-0.2, 0) is 0 Å². The fraction of sp³-hybridized carbons (Fsp3) is 0. The van der Waals surface area contributed by atoms with Crippen molar-refractivity contribution < 1.29 is 13.5 Å². The van der Waals surface area contributed by atoms with E-state index < -0.39 is 17.4 Å². The SMILES string of the molecule is NC(=S)c1cc(F)c(Oc2cccc(Cl)c2Cl)c(F)c1. The quantitative estimate of drug-likeness (QED) is 0.827. The second kappa shape index (κ2) is 5.91. The first kappa shape index (κ1) is 15.0. The molecule has 2 aromatic carbocycles. The summed E-state index contributed by atoms with van der Waals surface area (Å²) in [6, 6.07) is 6.48. The average Bonchev–Trinajstić information content (AvgIpc) is 2.38. The van der Waals surface area contributed by atoms with Gasteiger partial charge in [-0.1, -0.05) is 41.5 Å². The number of rotatable bonds is 3. The number of halogens is 4. The molecule has 0 radical (unpaired) electrons. The molecule has 0 amide bonds. The Bertz CT molecular complexity index is 671. The number of thiocarbonyl (C=S) groups is 1. The summed E-state index contributed by atoms with van der Waals surface area (Å²) in [6.45, 7) is 0. The summed E-state index contributed by atoms with van der Waals surface area (Å²) in [6.07, 6.45) is 0. The summed E-state index contributed by atoms with van der Waals surface area (Å²) >= 11 is 16.3. The predicted octanol–water partition coefficient (Wildman–Crippen LogP) is 4.70. The second-order valence-corrected chi connectivity index (χ2v) is 5.01. The maximum atomic E-state index is 13.8. The van der Waals surface area contributed by atoms with E-state index in [2.05, 4.69) is 12.2 Å². The van der Waals surface area contributed by atoms with Crippen molar-refractivity contribution in [2.45, 2.75) is 0 Å². The Morgan fingerprint density at radius 3 is 2.30 bits per heavy atom. The summed E-state index contributed by atoms with van der Waals surface area (Å²) in [5, 5.41) is 0.274. The molecule has 2 aromatic rings. The Morgan fingerprint density at radius 2 is 1.75 bits per heavy atom. The molecule has 0 bridgehead atoms. The van der Waals surface area contributed by atoms with Crippen molar-refractivity contribution in [1.29, 1.82) is 0 Å². The largest absolute Gasteiger partial charge is 0.450 e. The van der Waals surface area contributed by atoms with Crippen molar-refractivity contribution in [3.8, 4) is 11.5 Å². The first-order chi connectivity index (χ1) is 9.40. The number of hydrogen-bond acceptors (Lipinski definition) is 2. The topological polar surface area (TPSA) is 35.2 Å². The minimum absolute atomic E-state index is 0.0417. The van der Waals surface area contributed by atoms with E-state index in [1.165, 1.54) is 12.1 Å². The van der Waals surface area contributed by atoms with E-state index in [0.29, 0.717) is 0 Å². The summed E-state index contributed by atoms with van der Waals surface area (Å²) in [4.78, 5) is -0.116. The van der Waals surface area contributed by atoms with Crippen molar-refractivity contribution in [2.24, 2.45) is 5.73 Å². The van der Waals surface area contributed by atoms with Crippen LogP contribution in [0.5, 0.6) is 11.5 Å². The lowest BCUT2D eigenvalue weighted by atomic mass is 10.2. The van der Waals surface area contributed by atoms with E-state index in [4.69, 9.17) is 33.7 Å². The smallest absolute Gasteiger partial charge is 0.198 e. The number of ether oxygens (including phenoxy) is 1. The van der Waals surface area contributed by atoms with Crippen LogP contribution in [-0.4, -0.2) is 4.99 Å². The van der Waals surface area contributed by atoms with Crippen molar-refractivity contribution in [3.05, 3.63) is 57.6 Å². The van der Waals surface area contributed by atoms with Gasteiger partial charge in [-0.3, -0.25) is 0 Å². The normalized spacial score (nSPS) is 10.4. The highest BCUT2D eigenvalue weighted by Crippen LogP contribution is 2.36. The third kappa shape index (κ3) is 3.00.